The molecule has 162 valence electrons. The SMILES string of the molecule is CCN(CC)S(=O)(=O)c1ccc(NC(=O)C(Cc2ccccc2)NC(=O)OC)cc1. The number of benzene rings is 2. The van der Waals surface area contributed by atoms with Crippen molar-refractivity contribution in [3.8, 4) is 0 Å². The Bertz CT molecular complexity index is 942. The van der Waals surface area contributed by atoms with Crippen LogP contribution >= 0.6 is 0 Å². The summed E-state index contributed by atoms with van der Waals surface area (Å²) in [5.74, 6) is -0.441. The monoisotopic (exact) mass is 433 g/mol. The first-order valence-corrected chi connectivity index (χ1v) is 11.0. The predicted molar refractivity (Wildman–Crippen MR) is 115 cm³/mol. The van der Waals surface area contributed by atoms with Gasteiger partial charge >= 0.3 is 6.09 Å². The van der Waals surface area contributed by atoms with Gasteiger partial charge in [0, 0.05) is 25.2 Å². The number of nitrogens with one attached hydrogen (secondary N) is 2. The number of carbonyl (C=O) groups is 2. The highest BCUT2D eigenvalue weighted by Gasteiger charge is 2.23. The number of hydrogen-bond acceptors (Lipinski definition) is 5. The van der Waals surface area contributed by atoms with Gasteiger partial charge in [-0.25, -0.2) is 13.2 Å². The zero-order valence-corrected chi connectivity index (χ0v) is 18.1. The van der Waals surface area contributed by atoms with Gasteiger partial charge in [0.05, 0.1) is 12.0 Å². The highest BCUT2D eigenvalue weighted by atomic mass is 32.2. The van der Waals surface area contributed by atoms with E-state index in [0.29, 0.717) is 18.8 Å². The van der Waals surface area contributed by atoms with E-state index in [9.17, 15) is 18.0 Å². The minimum Gasteiger partial charge on any atom is -0.453 e. The smallest absolute Gasteiger partial charge is 0.407 e. The Balaban J connectivity index is 2.15. The first-order chi connectivity index (χ1) is 14.3. The summed E-state index contributed by atoms with van der Waals surface area (Å²) in [4.78, 5) is 24.6. The lowest BCUT2D eigenvalue weighted by molar-refractivity contribution is -0.118. The predicted octanol–water partition coefficient (Wildman–Crippen LogP) is 2.62. The molecule has 0 saturated heterocycles. The summed E-state index contributed by atoms with van der Waals surface area (Å²) in [6.45, 7) is 4.29. The Hall–Kier alpha value is -2.91. The first-order valence-electron chi connectivity index (χ1n) is 9.61. The third-order valence-electron chi connectivity index (χ3n) is 4.54. The van der Waals surface area contributed by atoms with Gasteiger partial charge in [0.2, 0.25) is 15.9 Å². The van der Waals surface area contributed by atoms with E-state index in [4.69, 9.17) is 0 Å². The number of sulfonamides is 1. The average molecular weight is 434 g/mol. The van der Waals surface area contributed by atoms with Gasteiger partial charge in [0.25, 0.3) is 0 Å². The molecule has 0 aliphatic rings. The molecule has 0 radical (unpaired) electrons. The Morgan fingerprint density at radius 3 is 2.13 bits per heavy atom. The molecule has 0 aliphatic heterocycles. The molecular formula is C21H27N3O5S. The Kier molecular flexibility index (Phi) is 8.37. The summed E-state index contributed by atoms with van der Waals surface area (Å²) in [5.41, 5.74) is 1.29. The molecule has 2 amide bonds. The fourth-order valence-electron chi connectivity index (χ4n) is 2.91. The summed E-state index contributed by atoms with van der Waals surface area (Å²) in [6.07, 6.45) is -0.442. The van der Waals surface area contributed by atoms with Crippen LogP contribution in [0.25, 0.3) is 0 Å². The minimum absolute atomic E-state index is 0.151. The van der Waals surface area contributed by atoms with Crippen LogP contribution in [-0.2, 0) is 26.0 Å². The number of ether oxygens (including phenoxy) is 1. The number of amides is 2. The standard InChI is InChI=1S/C21H27N3O5S/c1-4-24(5-2)30(27,28)18-13-11-17(12-14-18)22-20(25)19(23-21(26)29-3)15-16-9-7-6-8-10-16/h6-14,19H,4-5,15H2,1-3H3,(H,22,25)(H,23,26). The number of nitrogens with zero attached hydrogens (tertiary/aromatic N) is 1. The molecule has 0 aliphatic carbocycles. The van der Waals surface area contributed by atoms with Crippen molar-refractivity contribution in [2.45, 2.75) is 31.2 Å². The molecular weight excluding hydrogens is 406 g/mol. The van der Waals surface area contributed by atoms with Crippen molar-refractivity contribution in [3.63, 3.8) is 0 Å². The fraction of sp³-hybridized carbons (Fsp3) is 0.333. The second-order valence-electron chi connectivity index (χ2n) is 6.48. The Morgan fingerprint density at radius 1 is 1.00 bits per heavy atom. The van der Waals surface area contributed by atoms with E-state index in [-0.39, 0.29) is 11.3 Å². The van der Waals surface area contributed by atoms with E-state index < -0.39 is 28.1 Å². The summed E-state index contributed by atoms with van der Waals surface area (Å²) < 4.78 is 31.1. The van der Waals surface area contributed by atoms with Crippen molar-refractivity contribution < 1.29 is 22.7 Å². The van der Waals surface area contributed by atoms with E-state index >= 15 is 0 Å². The van der Waals surface area contributed by atoms with Crippen LogP contribution in [0.5, 0.6) is 0 Å². The zero-order chi connectivity index (χ0) is 22.1. The number of hydrogen-bond donors (Lipinski definition) is 2. The highest BCUT2D eigenvalue weighted by Crippen LogP contribution is 2.18. The molecule has 1 unspecified atom stereocenters. The quantitative estimate of drug-likeness (QED) is 0.633. The van der Waals surface area contributed by atoms with Gasteiger partial charge in [-0.15, -0.1) is 0 Å². The van der Waals surface area contributed by atoms with E-state index in [1.54, 1.807) is 13.8 Å². The maximum atomic E-state index is 12.7. The lowest BCUT2D eigenvalue weighted by Gasteiger charge is -2.19. The molecule has 0 bridgehead atoms. The van der Waals surface area contributed by atoms with Gasteiger partial charge < -0.3 is 15.4 Å². The van der Waals surface area contributed by atoms with Crippen molar-refractivity contribution in [3.05, 3.63) is 60.2 Å². The van der Waals surface area contributed by atoms with Gasteiger partial charge in [0.1, 0.15) is 6.04 Å². The van der Waals surface area contributed by atoms with Crippen LogP contribution in [0.2, 0.25) is 0 Å². The summed E-state index contributed by atoms with van der Waals surface area (Å²) in [7, 11) is -2.35. The minimum atomic E-state index is -3.58. The Morgan fingerprint density at radius 2 is 1.60 bits per heavy atom. The van der Waals surface area contributed by atoms with Crippen LogP contribution in [0.3, 0.4) is 0 Å². The lowest BCUT2D eigenvalue weighted by atomic mass is 10.1. The van der Waals surface area contributed by atoms with Crippen LogP contribution in [-0.4, -0.2) is 51.0 Å². The van der Waals surface area contributed by atoms with Crippen LogP contribution < -0.4 is 10.6 Å². The van der Waals surface area contributed by atoms with E-state index in [1.165, 1.54) is 35.7 Å². The number of alkyl carbamates (subject to hydrolysis) is 1. The molecule has 2 aromatic carbocycles. The average Bonchev–Trinajstić information content (AvgIpc) is 2.75. The van der Waals surface area contributed by atoms with Crippen LogP contribution in [0.4, 0.5) is 10.5 Å². The van der Waals surface area contributed by atoms with Crippen molar-refractivity contribution in [2.24, 2.45) is 0 Å². The molecule has 9 heteroatoms. The van der Waals surface area contributed by atoms with Crippen LogP contribution in [0.15, 0.2) is 59.5 Å². The lowest BCUT2D eigenvalue weighted by Crippen LogP contribution is -2.45. The second kappa shape index (κ2) is 10.7. The van der Waals surface area contributed by atoms with Crippen molar-refractivity contribution in [2.75, 3.05) is 25.5 Å². The first kappa shape index (κ1) is 23.4. The third-order valence-corrected chi connectivity index (χ3v) is 6.61. The summed E-state index contributed by atoms with van der Waals surface area (Å²) in [6, 6.07) is 14.3. The summed E-state index contributed by atoms with van der Waals surface area (Å²) in [5, 5.41) is 5.24. The number of rotatable bonds is 9. The molecule has 8 nitrogen and oxygen atoms in total. The van der Waals surface area contributed by atoms with Crippen molar-refractivity contribution >= 4 is 27.7 Å². The molecule has 0 aromatic heterocycles. The molecule has 2 rings (SSSR count). The Labute approximate surface area is 177 Å². The molecule has 30 heavy (non-hydrogen) atoms. The fourth-order valence-corrected chi connectivity index (χ4v) is 4.37. The molecule has 0 heterocycles. The van der Waals surface area contributed by atoms with Gasteiger partial charge in [-0.05, 0) is 29.8 Å². The van der Waals surface area contributed by atoms with Gasteiger partial charge in [0.15, 0.2) is 0 Å². The van der Waals surface area contributed by atoms with Crippen LogP contribution in [0.1, 0.15) is 19.4 Å². The molecule has 2 aromatic rings. The van der Waals surface area contributed by atoms with Gasteiger partial charge in [-0.1, -0.05) is 44.2 Å². The second-order valence-corrected chi connectivity index (χ2v) is 8.42. The van der Waals surface area contributed by atoms with Crippen LogP contribution in [0, 0.1) is 0 Å². The molecule has 0 saturated carbocycles. The molecule has 0 fully saturated rings. The summed E-state index contributed by atoms with van der Waals surface area (Å²) >= 11 is 0. The van der Waals surface area contributed by atoms with E-state index in [0.717, 1.165) is 5.56 Å². The molecule has 2 N–H and O–H groups in total. The maximum absolute atomic E-state index is 12.7. The van der Waals surface area contributed by atoms with Gasteiger partial charge in [-0.3, -0.25) is 4.79 Å². The zero-order valence-electron chi connectivity index (χ0n) is 17.3. The number of anilines is 1. The topological polar surface area (TPSA) is 105 Å². The third kappa shape index (κ3) is 6.04. The molecule has 0 spiro atoms. The number of carbonyl (C=O) groups excluding carboxylic acids is 2. The van der Waals surface area contributed by atoms with Crippen molar-refractivity contribution in [1.82, 2.24) is 9.62 Å². The molecule has 1 atom stereocenters. The maximum Gasteiger partial charge on any atom is 0.407 e. The number of methoxy groups -OCH3 is 1. The van der Waals surface area contributed by atoms with Gasteiger partial charge in [-0.2, -0.15) is 4.31 Å². The highest BCUT2D eigenvalue weighted by molar-refractivity contribution is 7.89. The normalized spacial score (nSPS) is 12.3. The largest absolute Gasteiger partial charge is 0.453 e. The van der Waals surface area contributed by atoms with E-state index in [1.807, 2.05) is 30.3 Å². The van der Waals surface area contributed by atoms with E-state index in [2.05, 4.69) is 15.4 Å². The van der Waals surface area contributed by atoms with Crippen molar-refractivity contribution in [1.29, 1.82) is 0 Å².